The Labute approximate surface area is 145 Å². The molecule has 0 fully saturated rings. The minimum Gasteiger partial charge on any atom is -0.254 e. The molecule has 0 amide bonds. The van der Waals surface area contributed by atoms with Gasteiger partial charge in [-0.15, -0.1) is 22.7 Å². The molecule has 1 nitrogen and oxygen atoms in total. The van der Waals surface area contributed by atoms with E-state index in [9.17, 15) is 4.21 Å². The molecule has 1 atom stereocenters. The van der Waals surface area contributed by atoms with E-state index in [0.29, 0.717) is 0 Å². The summed E-state index contributed by atoms with van der Waals surface area (Å²) in [4.78, 5) is 3.48. The summed E-state index contributed by atoms with van der Waals surface area (Å²) in [7, 11) is -0.842. The standard InChI is InChI=1S/C18H26OS3/c1-2-3-4-5-6-7-8-9-15-22(19)17-12-14-21-18(17)16-11-10-13-20-16/h10-14H,2-9,15H2,1H3. The molecule has 0 spiro atoms. The lowest BCUT2D eigenvalue weighted by molar-refractivity contribution is 0.584. The van der Waals surface area contributed by atoms with E-state index >= 15 is 0 Å². The SMILES string of the molecule is CCCCCCCCCCS(=O)c1ccsc1-c1cccs1. The first-order valence-corrected chi connectivity index (χ1v) is 11.4. The van der Waals surface area contributed by atoms with Crippen LogP contribution in [0.2, 0.25) is 0 Å². The van der Waals surface area contributed by atoms with E-state index in [0.717, 1.165) is 17.1 Å². The Bertz CT molecular complexity index is 542. The van der Waals surface area contributed by atoms with Crippen LogP contribution in [0, 0.1) is 0 Å². The predicted molar refractivity (Wildman–Crippen MR) is 102 cm³/mol. The van der Waals surface area contributed by atoms with E-state index in [1.54, 1.807) is 22.7 Å². The Morgan fingerprint density at radius 2 is 1.64 bits per heavy atom. The van der Waals surface area contributed by atoms with E-state index in [4.69, 9.17) is 0 Å². The van der Waals surface area contributed by atoms with E-state index < -0.39 is 10.8 Å². The fourth-order valence-electron chi connectivity index (χ4n) is 2.54. The van der Waals surface area contributed by atoms with Crippen LogP contribution in [-0.2, 0) is 10.8 Å². The second-order valence-electron chi connectivity index (χ2n) is 5.62. The quantitative estimate of drug-likeness (QED) is 0.409. The highest BCUT2D eigenvalue weighted by molar-refractivity contribution is 7.85. The van der Waals surface area contributed by atoms with Gasteiger partial charge in [0.15, 0.2) is 0 Å². The summed E-state index contributed by atoms with van der Waals surface area (Å²) in [6.45, 7) is 2.25. The number of rotatable bonds is 11. The average Bonchev–Trinajstić information content (AvgIpc) is 3.20. The van der Waals surface area contributed by atoms with Gasteiger partial charge in [0.2, 0.25) is 0 Å². The van der Waals surface area contributed by atoms with Crippen LogP contribution in [0.4, 0.5) is 0 Å². The fraction of sp³-hybridized carbons (Fsp3) is 0.556. The molecule has 0 saturated heterocycles. The van der Waals surface area contributed by atoms with Crippen molar-refractivity contribution in [2.45, 2.75) is 63.2 Å². The third kappa shape index (κ3) is 5.64. The van der Waals surface area contributed by atoms with Crippen LogP contribution < -0.4 is 0 Å². The molecule has 0 saturated carbocycles. The Balaban J connectivity index is 1.69. The maximum Gasteiger partial charge on any atom is 0.0603 e. The number of unbranched alkanes of at least 4 members (excludes halogenated alkanes) is 7. The maximum absolute atomic E-state index is 12.5. The first kappa shape index (κ1) is 17.9. The average molecular weight is 355 g/mol. The third-order valence-electron chi connectivity index (χ3n) is 3.80. The number of hydrogen-bond donors (Lipinski definition) is 0. The van der Waals surface area contributed by atoms with Crippen molar-refractivity contribution < 1.29 is 4.21 Å². The van der Waals surface area contributed by atoms with Gasteiger partial charge in [0.25, 0.3) is 0 Å². The van der Waals surface area contributed by atoms with Crippen LogP contribution in [0.3, 0.4) is 0 Å². The molecule has 2 rings (SSSR count). The minimum absolute atomic E-state index is 0.810. The lowest BCUT2D eigenvalue weighted by atomic mass is 10.1. The molecule has 0 radical (unpaired) electrons. The Kier molecular flexibility index (Phi) is 8.42. The van der Waals surface area contributed by atoms with Crippen LogP contribution in [0.15, 0.2) is 33.9 Å². The molecule has 0 bridgehead atoms. The third-order valence-corrected chi connectivity index (χ3v) is 7.39. The summed E-state index contributed by atoms with van der Waals surface area (Å²) < 4.78 is 12.5. The second-order valence-corrected chi connectivity index (χ2v) is 9.02. The van der Waals surface area contributed by atoms with Gasteiger partial charge in [-0.1, -0.05) is 57.9 Å². The van der Waals surface area contributed by atoms with Gasteiger partial charge in [-0.3, -0.25) is 4.21 Å². The van der Waals surface area contributed by atoms with Crippen LogP contribution >= 0.6 is 22.7 Å². The first-order valence-electron chi connectivity index (χ1n) is 8.32. The van der Waals surface area contributed by atoms with Crippen molar-refractivity contribution in [2.75, 3.05) is 5.75 Å². The highest BCUT2D eigenvalue weighted by atomic mass is 32.2. The molecular weight excluding hydrogens is 328 g/mol. The Morgan fingerprint density at radius 1 is 0.909 bits per heavy atom. The van der Waals surface area contributed by atoms with E-state index in [1.165, 1.54) is 54.7 Å². The summed E-state index contributed by atoms with van der Waals surface area (Å²) >= 11 is 3.44. The normalized spacial score (nSPS) is 12.6. The molecule has 2 aromatic rings. The molecule has 0 N–H and O–H groups in total. The maximum atomic E-state index is 12.5. The zero-order chi connectivity index (χ0) is 15.6. The molecule has 0 aliphatic rings. The molecule has 0 aliphatic carbocycles. The molecule has 0 aromatic carbocycles. The van der Waals surface area contributed by atoms with E-state index in [-0.39, 0.29) is 0 Å². The van der Waals surface area contributed by atoms with E-state index in [1.807, 2.05) is 6.07 Å². The summed E-state index contributed by atoms with van der Waals surface area (Å²) in [6, 6.07) is 6.22. The Morgan fingerprint density at radius 3 is 2.32 bits per heavy atom. The molecular formula is C18H26OS3. The number of hydrogen-bond acceptors (Lipinski definition) is 3. The van der Waals surface area contributed by atoms with Gasteiger partial charge in [-0.25, -0.2) is 0 Å². The topological polar surface area (TPSA) is 17.1 Å². The van der Waals surface area contributed by atoms with E-state index in [2.05, 4.69) is 29.8 Å². The highest BCUT2D eigenvalue weighted by Gasteiger charge is 2.13. The molecule has 2 aromatic heterocycles. The minimum atomic E-state index is -0.842. The lowest BCUT2D eigenvalue weighted by Gasteiger charge is -2.04. The van der Waals surface area contributed by atoms with Crippen molar-refractivity contribution in [3.05, 3.63) is 29.0 Å². The first-order chi connectivity index (χ1) is 10.8. The monoisotopic (exact) mass is 354 g/mol. The highest BCUT2D eigenvalue weighted by Crippen LogP contribution is 2.35. The van der Waals surface area contributed by atoms with Crippen molar-refractivity contribution in [2.24, 2.45) is 0 Å². The van der Waals surface area contributed by atoms with Crippen LogP contribution in [0.5, 0.6) is 0 Å². The molecule has 1 unspecified atom stereocenters. The van der Waals surface area contributed by atoms with Crippen LogP contribution in [-0.4, -0.2) is 9.96 Å². The van der Waals surface area contributed by atoms with Gasteiger partial charge in [0.1, 0.15) is 0 Å². The fourth-order valence-corrected chi connectivity index (χ4v) is 6.01. The largest absolute Gasteiger partial charge is 0.254 e. The second kappa shape index (κ2) is 10.3. The predicted octanol–water partition coefficient (Wildman–Crippen LogP) is 6.72. The molecule has 4 heteroatoms. The van der Waals surface area contributed by atoms with Gasteiger partial charge in [-0.05, 0) is 29.3 Å². The van der Waals surface area contributed by atoms with Crippen molar-refractivity contribution in [1.29, 1.82) is 0 Å². The lowest BCUT2D eigenvalue weighted by Crippen LogP contribution is -1.98. The van der Waals surface area contributed by atoms with Crippen LogP contribution in [0.25, 0.3) is 9.75 Å². The molecule has 0 aliphatic heterocycles. The van der Waals surface area contributed by atoms with Gasteiger partial charge >= 0.3 is 0 Å². The van der Waals surface area contributed by atoms with Crippen LogP contribution in [0.1, 0.15) is 58.3 Å². The molecule has 22 heavy (non-hydrogen) atoms. The van der Waals surface area contributed by atoms with Crippen molar-refractivity contribution in [3.63, 3.8) is 0 Å². The summed E-state index contributed by atoms with van der Waals surface area (Å²) in [6.07, 6.45) is 10.4. The molecule has 2 heterocycles. The van der Waals surface area contributed by atoms with Crippen molar-refractivity contribution >= 4 is 33.5 Å². The summed E-state index contributed by atoms with van der Waals surface area (Å²) in [5.74, 6) is 0.810. The molecule has 122 valence electrons. The van der Waals surface area contributed by atoms with Crippen molar-refractivity contribution in [3.8, 4) is 9.75 Å². The smallest absolute Gasteiger partial charge is 0.0603 e. The van der Waals surface area contributed by atoms with Crippen molar-refractivity contribution in [1.82, 2.24) is 0 Å². The number of thiophene rings is 2. The zero-order valence-corrected chi connectivity index (χ0v) is 15.8. The van der Waals surface area contributed by atoms with Gasteiger partial charge in [0.05, 0.1) is 20.6 Å². The summed E-state index contributed by atoms with van der Waals surface area (Å²) in [5, 5.41) is 4.15. The van der Waals surface area contributed by atoms with Gasteiger partial charge in [0, 0.05) is 10.6 Å². The van der Waals surface area contributed by atoms with Gasteiger partial charge < -0.3 is 0 Å². The zero-order valence-electron chi connectivity index (χ0n) is 13.4. The Hall–Kier alpha value is -0.450. The summed E-state index contributed by atoms with van der Waals surface area (Å²) in [5.41, 5.74) is 0. The van der Waals surface area contributed by atoms with Gasteiger partial charge in [-0.2, -0.15) is 0 Å².